The number of hydrogen-bond acceptors (Lipinski definition) is 8. The van der Waals surface area contributed by atoms with Crippen molar-refractivity contribution >= 4 is 17.7 Å². The average molecular weight is 269 g/mol. The number of aliphatic hydroxyl groups excluding tert-OH is 2. The summed E-state index contributed by atoms with van der Waals surface area (Å²) in [4.78, 5) is 20.8. The Morgan fingerprint density at radius 1 is 1.42 bits per heavy atom. The zero-order valence-corrected chi connectivity index (χ0v) is 10.2. The van der Waals surface area contributed by atoms with E-state index in [1.807, 2.05) is 0 Å². The molecule has 19 heavy (non-hydrogen) atoms. The minimum Gasteiger partial charge on any atom is -0.388 e. The molecular weight excluding hydrogens is 254 g/mol. The first kappa shape index (κ1) is 12.5. The first-order valence-electron chi connectivity index (χ1n) is 5.97. The molecule has 3 rings (SSSR count). The number of hydrogen-bond donors (Lipinski definition) is 4. The fraction of sp³-hybridized carbons (Fsp3) is 0.700. The number of ether oxygens (including phenoxy) is 1. The Morgan fingerprint density at radius 2 is 2.16 bits per heavy atom. The van der Waals surface area contributed by atoms with Crippen LogP contribution in [0.15, 0.2) is 9.98 Å². The summed E-state index contributed by atoms with van der Waals surface area (Å²) in [6.07, 6.45) is -3.31. The van der Waals surface area contributed by atoms with Crippen molar-refractivity contribution in [1.29, 1.82) is 0 Å². The van der Waals surface area contributed by atoms with Crippen LogP contribution in [0.25, 0.3) is 0 Å². The van der Waals surface area contributed by atoms with E-state index in [0.717, 1.165) is 0 Å². The van der Waals surface area contributed by atoms with E-state index in [4.69, 9.17) is 10.5 Å². The molecule has 0 spiro atoms. The molecule has 104 valence electrons. The molecule has 2 fully saturated rings. The molecule has 9 heteroatoms. The first-order valence-corrected chi connectivity index (χ1v) is 5.97. The zero-order chi connectivity index (χ0) is 13.7. The van der Waals surface area contributed by atoms with Crippen molar-refractivity contribution in [3.8, 4) is 0 Å². The smallest absolute Gasteiger partial charge is 0.273 e. The molecule has 0 saturated carbocycles. The lowest BCUT2D eigenvalue weighted by Crippen LogP contribution is -2.48. The molecular formula is C10H15N5O4. The van der Waals surface area contributed by atoms with Gasteiger partial charge in [-0.1, -0.05) is 0 Å². The van der Waals surface area contributed by atoms with Crippen LogP contribution in [0.2, 0.25) is 0 Å². The van der Waals surface area contributed by atoms with Crippen LogP contribution in [0.3, 0.4) is 0 Å². The number of nitrogens with zero attached hydrogens (tertiary/aromatic N) is 3. The van der Waals surface area contributed by atoms with Gasteiger partial charge in [0.2, 0.25) is 5.96 Å². The van der Waals surface area contributed by atoms with E-state index >= 15 is 0 Å². The van der Waals surface area contributed by atoms with E-state index in [1.165, 1.54) is 0 Å². The number of fused-ring (bicyclic) bond motifs is 1. The summed E-state index contributed by atoms with van der Waals surface area (Å²) < 4.78 is 5.50. The Kier molecular flexibility index (Phi) is 2.78. The van der Waals surface area contributed by atoms with E-state index in [1.54, 1.807) is 11.8 Å². The van der Waals surface area contributed by atoms with Crippen LogP contribution < -0.4 is 11.1 Å². The van der Waals surface area contributed by atoms with Gasteiger partial charge in [0.15, 0.2) is 6.23 Å². The van der Waals surface area contributed by atoms with Crippen LogP contribution >= 0.6 is 0 Å². The van der Waals surface area contributed by atoms with Crippen LogP contribution in [-0.4, -0.2) is 70.1 Å². The highest BCUT2D eigenvalue weighted by Gasteiger charge is 2.49. The number of nitrogens with two attached hydrogens (primary N) is 1. The topological polar surface area (TPSA) is 133 Å². The molecule has 3 aliphatic heterocycles. The predicted molar refractivity (Wildman–Crippen MR) is 64.0 cm³/mol. The van der Waals surface area contributed by atoms with Crippen LogP contribution in [0, 0.1) is 0 Å². The summed E-state index contributed by atoms with van der Waals surface area (Å²) >= 11 is 0. The molecule has 0 aliphatic carbocycles. The quantitative estimate of drug-likeness (QED) is 0.397. The highest BCUT2D eigenvalue weighted by molar-refractivity contribution is 6.18. The van der Waals surface area contributed by atoms with Gasteiger partial charge in [-0.2, -0.15) is 9.98 Å². The third kappa shape index (κ3) is 1.82. The molecule has 2 saturated heterocycles. The maximum atomic E-state index is 11.7. The fourth-order valence-corrected chi connectivity index (χ4v) is 2.48. The summed E-state index contributed by atoms with van der Waals surface area (Å²) in [6.45, 7) is 1.93. The van der Waals surface area contributed by atoms with Crippen molar-refractivity contribution in [3.63, 3.8) is 0 Å². The second kappa shape index (κ2) is 4.23. The van der Waals surface area contributed by atoms with Gasteiger partial charge in [-0.25, -0.2) is 0 Å². The predicted octanol–water partition coefficient (Wildman–Crippen LogP) is -3.06. The molecule has 5 unspecified atom stereocenters. The maximum Gasteiger partial charge on any atom is 0.273 e. The summed E-state index contributed by atoms with van der Waals surface area (Å²) in [5.74, 6) is -0.181. The minimum atomic E-state index is -1.08. The van der Waals surface area contributed by atoms with Crippen molar-refractivity contribution in [1.82, 2.24) is 10.2 Å². The molecule has 0 aromatic heterocycles. The standard InChI is InChI=1S/C10H15N5O4/c1-3-5(16)6(17)9(19-3)15-2-12-4-7(15)13-10(11)14-8(4)18/h3-6,9,12,16-17H,2H2,1H3,(H2,11,14,18). The number of nitrogens with one attached hydrogen (secondary N) is 1. The van der Waals surface area contributed by atoms with Gasteiger partial charge in [-0.05, 0) is 6.92 Å². The number of amidine groups is 1. The third-order valence-electron chi connectivity index (χ3n) is 3.50. The summed E-state index contributed by atoms with van der Waals surface area (Å²) in [7, 11) is 0. The van der Waals surface area contributed by atoms with Gasteiger partial charge in [0.05, 0.1) is 12.8 Å². The fourth-order valence-electron chi connectivity index (χ4n) is 2.48. The first-order chi connectivity index (χ1) is 8.99. The minimum absolute atomic E-state index is 0.119. The zero-order valence-electron chi connectivity index (χ0n) is 10.2. The summed E-state index contributed by atoms with van der Waals surface area (Å²) in [5.41, 5.74) is 5.47. The van der Waals surface area contributed by atoms with Crippen LogP contribution in [-0.2, 0) is 9.53 Å². The number of amides is 1. The normalized spacial score (nSPS) is 42.2. The lowest BCUT2D eigenvalue weighted by atomic mass is 10.1. The summed E-state index contributed by atoms with van der Waals surface area (Å²) in [6, 6.07) is -0.670. The number of carbonyl (C=O) groups is 1. The van der Waals surface area contributed by atoms with E-state index in [9.17, 15) is 15.0 Å². The van der Waals surface area contributed by atoms with Crippen molar-refractivity contribution in [3.05, 3.63) is 0 Å². The van der Waals surface area contributed by atoms with Gasteiger partial charge in [0.1, 0.15) is 24.1 Å². The molecule has 5 N–H and O–H groups in total. The number of guanidine groups is 1. The Morgan fingerprint density at radius 3 is 2.79 bits per heavy atom. The van der Waals surface area contributed by atoms with E-state index in [-0.39, 0.29) is 12.6 Å². The Balaban J connectivity index is 1.87. The molecule has 0 aromatic carbocycles. The summed E-state index contributed by atoms with van der Waals surface area (Å²) in [5, 5.41) is 22.6. The van der Waals surface area contributed by atoms with Crippen LogP contribution in [0.1, 0.15) is 6.92 Å². The van der Waals surface area contributed by atoms with E-state index in [2.05, 4.69) is 15.3 Å². The lowest BCUT2D eigenvalue weighted by Gasteiger charge is -2.28. The molecule has 5 atom stereocenters. The van der Waals surface area contributed by atoms with Gasteiger partial charge >= 0.3 is 0 Å². The third-order valence-corrected chi connectivity index (χ3v) is 3.50. The lowest BCUT2D eigenvalue weighted by molar-refractivity contribution is -0.118. The van der Waals surface area contributed by atoms with Crippen LogP contribution in [0.4, 0.5) is 0 Å². The maximum absolute atomic E-state index is 11.7. The second-order valence-electron chi connectivity index (χ2n) is 4.76. The highest BCUT2D eigenvalue weighted by Crippen LogP contribution is 2.26. The van der Waals surface area contributed by atoms with Gasteiger partial charge in [0.25, 0.3) is 5.91 Å². The van der Waals surface area contributed by atoms with Crippen molar-refractivity contribution in [2.75, 3.05) is 6.67 Å². The second-order valence-corrected chi connectivity index (χ2v) is 4.76. The van der Waals surface area contributed by atoms with Crippen LogP contribution in [0.5, 0.6) is 0 Å². The molecule has 0 radical (unpaired) electrons. The highest BCUT2D eigenvalue weighted by atomic mass is 16.6. The Labute approximate surface area is 108 Å². The number of carbonyl (C=O) groups excluding carboxylic acids is 1. The van der Waals surface area contributed by atoms with Crippen molar-refractivity contribution in [2.45, 2.75) is 37.5 Å². The van der Waals surface area contributed by atoms with Crippen molar-refractivity contribution < 1.29 is 19.7 Å². The Bertz CT molecular complexity index is 479. The van der Waals surface area contributed by atoms with Gasteiger partial charge in [-0.3, -0.25) is 10.1 Å². The molecule has 3 heterocycles. The molecule has 0 aromatic rings. The number of aliphatic imine (C=N–C) groups is 2. The average Bonchev–Trinajstić information content (AvgIpc) is 2.86. The number of aliphatic hydroxyl groups is 2. The van der Waals surface area contributed by atoms with Crippen molar-refractivity contribution in [2.24, 2.45) is 15.7 Å². The van der Waals surface area contributed by atoms with Gasteiger partial charge < -0.3 is 25.6 Å². The van der Waals surface area contributed by atoms with E-state index < -0.39 is 36.5 Å². The largest absolute Gasteiger partial charge is 0.388 e. The molecule has 3 aliphatic rings. The monoisotopic (exact) mass is 269 g/mol. The van der Waals surface area contributed by atoms with E-state index in [0.29, 0.717) is 5.84 Å². The number of rotatable bonds is 1. The molecule has 9 nitrogen and oxygen atoms in total. The Hall–Kier alpha value is -1.55. The molecule has 1 amide bonds. The van der Waals surface area contributed by atoms with Gasteiger partial charge in [-0.15, -0.1) is 0 Å². The van der Waals surface area contributed by atoms with Gasteiger partial charge in [0, 0.05) is 0 Å². The SMILES string of the molecule is CC1OC(N2CNC3C(=O)N=C(N)N=C32)C(O)C1O. The molecule has 0 bridgehead atoms.